The molecule has 0 radical (unpaired) electrons. The summed E-state index contributed by atoms with van der Waals surface area (Å²) in [4.78, 5) is 97.8. The largest absolute Gasteiger partial charge is 0.462 e. The fourth-order valence-corrected chi connectivity index (χ4v) is 6.50. The van der Waals surface area contributed by atoms with Crippen LogP contribution >= 0.6 is 0 Å². The zero-order valence-electron chi connectivity index (χ0n) is 41.6. The number of esters is 5. The number of benzene rings is 4. The van der Waals surface area contributed by atoms with Gasteiger partial charge in [-0.15, -0.1) is 0 Å². The molecule has 0 saturated heterocycles. The molecule has 74 heavy (non-hydrogen) atoms. The summed E-state index contributed by atoms with van der Waals surface area (Å²) in [7, 11) is 0. The van der Waals surface area contributed by atoms with Gasteiger partial charge in [-0.2, -0.15) is 0 Å². The molecular weight excluding hydrogens is 959 g/mol. The van der Waals surface area contributed by atoms with Crippen LogP contribution in [0.25, 0.3) is 0 Å². The van der Waals surface area contributed by atoms with E-state index < -0.39 is 60.0 Å². The average molecular weight is 1020 g/mol. The zero-order chi connectivity index (χ0) is 54.2. The lowest BCUT2D eigenvalue weighted by Gasteiger charge is -2.30. The van der Waals surface area contributed by atoms with E-state index in [1.54, 1.807) is 97.1 Å². The van der Waals surface area contributed by atoms with Crippen molar-refractivity contribution in [3.63, 3.8) is 0 Å². The van der Waals surface area contributed by atoms with Gasteiger partial charge in [-0.1, -0.05) is 74.8 Å². The van der Waals surface area contributed by atoms with Crippen molar-refractivity contribution < 1.29 is 76.3 Å². The van der Waals surface area contributed by atoms with Crippen molar-refractivity contribution in [2.24, 2.45) is 0 Å². The molecule has 390 valence electrons. The molecule has 1 atom stereocenters. The molecule has 3 amide bonds. The van der Waals surface area contributed by atoms with Gasteiger partial charge in [0.25, 0.3) is 0 Å². The van der Waals surface area contributed by atoms with E-state index in [2.05, 4.69) is 42.3 Å². The third kappa shape index (κ3) is 19.7. The molecule has 0 fully saturated rings. The van der Waals surface area contributed by atoms with Crippen LogP contribution < -0.4 is 34.9 Å². The fourth-order valence-electron chi connectivity index (χ4n) is 6.50. The lowest BCUT2D eigenvalue weighted by molar-refractivity contribution is -0.141. The Morgan fingerprint density at radius 2 is 0.622 bits per heavy atom. The predicted molar refractivity (Wildman–Crippen MR) is 269 cm³/mol. The first-order valence-electron chi connectivity index (χ1n) is 23.1. The highest BCUT2D eigenvalue weighted by Gasteiger charge is 2.29. The van der Waals surface area contributed by atoms with Crippen molar-refractivity contribution in [2.75, 3.05) is 46.1 Å². The Hall–Kier alpha value is -9.00. The Bertz CT molecular complexity index is 2310. The second kappa shape index (κ2) is 29.4. The molecule has 0 aliphatic heterocycles. The van der Waals surface area contributed by atoms with Crippen LogP contribution in [0.5, 0.6) is 23.0 Å². The van der Waals surface area contributed by atoms with Gasteiger partial charge in [0.1, 0.15) is 42.8 Å². The summed E-state index contributed by atoms with van der Waals surface area (Å²) < 4.78 is 42.3. The second-order valence-corrected chi connectivity index (χ2v) is 16.4. The highest BCUT2D eigenvalue weighted by Crippen LogP contribution is 2.44. The molecule has 0 heterocycles. The van der Waals surface area contributed by atoms with Gasteiger partial charge in [-0.3, -0.25) is 4.79 Å². The summed E-state index contributed by atoms with van der Waals surface area (Å²) >= 11 is 0. The summed E-state index contributed by atoms with van der Waals surface area (Å²) in [5, 5.41) is 7.58. The van der Waals surface area contributed by atoms with E-state index >= 15 is 0 Å². The van der Waals surface area contributed by atoms with Crippen LogP contribution in [0.15, 0.2) is 146 Å². The van der Waals surface area contributed by atoms with E-state index in [-0.39, 0.29) is 104 Å². The van der Waals surface area contributed by atoms with Gasteiger partial charge in [-0.05, 0) is 105 Å². The Labute approximate surface area is 428 Å². The summed E-state index contributed by atoms with van der Waals surface area (Å²) in [6.07, 6.45) is -2.17. The van der Waals surface area contributed by atoms with Gasteiger partial charge in [0.05, 0.1) is 26.2 Å². The van der Waals surface area contributed by atoms with Gasteiger partial charge in [0.2, 0.25) is 0 Å². The van der Waals surface area contributed by atoms with Crippen molar-refractivity contribution >= 4 is 48.1 Å². The lowest BCUT2D eigenvalue weighted by atomic mass is 9.73. The number of carbonyl (C=O) groups is 8. The van der Waals surface area contributed by atoms with Crippen LogP contribution in [-0.2, 0) is 42.9 Å². The molecule has 0 aliphatic rings. The fraction of sp³-hybridized carbons (Fsp3) is 0.273. The molecule has 1 unspecified atom stereocenters. The van der Waals surface area contributed by atoms with Crippen molar-refractivity contribution in [3.8, 4) is 23.0 Å². The minimum atomic E-state index is -0.791. The zero-order valence-corrected chi connectivity index (χ0v) is 41.6. The van der Waals surface area contributed by atoms with E-state index in [0.29, 0.717) is 0 Å². The molecule has 3 N–H and O–H groups in total. The van der Waals surface area contributed by atoms with Crippen molar-refractivity contribution in [3.05, 3.63) is 168 Å². The summed E-state index contributed by atoms with van der Waals surface area (Å²) in [6.45, 7) is 19.8. The molecule has 0 spiro atoms. The van der Waals surface area contributed by atoms with Gasteiger partial charge in [0, 0.05) is 40.5 Å². The van der Waals surface area contributed by atoms with Crippen LogP contribution in [0.3, 0.4) is 0 Å². The first-order valence-corrected chi connectivity index (χ1v) is 23.1. The lowest BCUT2D eigenvalue weighted by Crippen LogP contribution is -2.30. The number of hydrogen-bond acceptors (Lipinski definition) is 16. The van der Waals surface area contributed by atoms with Crippen LogP contribution in [0.1, 0.15) is 74.6 Å². The molecule has 0 aromatic heterocycles. The van der Waals surface area contributed by atoms with Gasteiger partial charge in [0.15, 0.2) is 0 Å². The van der Waals surface area contributed by atoms with Crippen molar-refractivity contribution in [2.45, 2.75) is 52.4 Å². The van der Waals surface area contributed by atoms with Gasteiger partial charge < -0.3 is 53.8 Å². The Morgan fingerprint density at radius 3 is 0.878 bits per heavy atom. The monoisotopic (exact) mass is 1020 g/mol. The average Bonchev–Trinajstić information content (AvgIpc) is 3.37. The van der Waals surface area contributed by atoms with E-state index in [9.17, 15) is 38.4 Å². The van der Waals surface area contributed by atoms with Gasteiger partial charge >= 0.3 is 48.1 Å². The summed E-state index contributed by atoms with van der Waals surface area (Å²) in [6, 6.07) is 27.1. The Kier molecular flexibility index (Phi) is 22.9. The van der Waals surface area contributed by atoms with Crippen LogP contribution in [-0.4, -0.2) is 94.2 Å². The molecule has 4 aromatic carbocycles. The van der Waals surface area contributed by atoms with E-state index in [4.69, 9.17) is 37.9 Å². The maximum Gasteiger partial charge on any atom is 0.412 e. The molecule has 19 nitrogen and oxygen atoms in total. The standard InChI is InChI=1S/C55H59N3O16/c1-34(2)49(60)67-30-9-10-46(59)71-42-19-11-38(12-20-42)47(39-13-21-43(22-14-39)72-53(64)56-27-31-68-50(61)35(3)4)48(40-15-23-44(24-16-40)73-54(65)57-28-32-69-51(62)36(5)6)41-17-25-45(26-18-41)74-55(66)58-29-33-70-52(63)37(7)8/h11-26,47-48H,1,3,5,7,9-10,27-33H2,2,4,6,8H3,(H,56,64)(H,57,65)(H,58,66). The first-order chi connectivity index (χ1) is 35.3. The highest BCUT2D eigenvalue weighted by molar-refractivity contribution is 5.88. The number of amides is 3. The van der Waals surface area contributed by atoms with Gasteiger partial charge in [-0.25, -0.2) is 33.6 Å². The molecule has 4 rings (SSSR count). The molecule has 0 aliphatic carbocycles. The van der Waals surface area contributed by atoms with Crippen LogP contribution in [0.4, 0.5) is 14.4 Å². The van der Waals surface area contributed by atoms with E-state index in [1.165, 1.54) is 27.7 Å². The van der Waals surface area contributed by atoms with Crippen molar-refractivity contribution in [1.82, 2.24) is 16.0 Å². The molecule has 19 heteroatoms. The van der Waals surface area contributed by atoms with Crippen molar-refractivity contribution in [1.29, 1.82) is 0 Å². The van der Waals surface area contributed by atoms with E-state index in [0.717, 1.165) is 22.3 Å². The number of rotatable bonds is 26. The number of hydrogen-bond donors (Lipinski definition) is 3. The number of carbonyl (C=O) groups excluding carboxylic acids is 8. The first kappa shape index (κ1) is 57.6. The second-order valence-electron chi connectivity index (χ2n) is 16.4. The molecular formula is C55H59N3O16. The summed E-state index contributed by atoms with van der Waals surface area (Å²) in [5.41, 5.74) is 3.79. The normalized spacial score (nSPS) is 10.8. The minimum absolute atomic E-state index is 0.00837. The topological polar surface area (TPSA) is 246 Å². The maximum atomic E-state index is 12.8. The number of nitrogens with one attached hydrogen (secondary N) is 3. The van der Waals surface area contributed by atoms with Crippen LogP contribution in [0.2, 0.25) is 0 Å². The SMILES string of the molecule is C=C(C)C(=O)OCCCC(=O)Oc1ccc(C(c2ccc(OC(=O)NCCOC(=O)C(=C)C)cc2)C(c2ccc(OC(=O)NCCOC(=O)C(=C)C)cc2)c2ccc(OC(=O)NCCOC(=O)C(=C)C)cc2)cc1. The molecule has 0 bridgehead atoms. The van der Waals surface area contributed by atoms with E-state index in [1.807, 2.05) is 0 Å². The minimum Gasteiger partial charge on any atom is -0.462 e. The predicted octanol–water partition coefficient (Wildman–Crippen LogP) is 8.08. The third-order valence-corrected chi connectivity index (χ3v) is 10.1. The highest BCUT2D eigenvalue weighted by atomic mass is 16.6. The maximum absolute atomic E-state index is 12.8. The Morgan fingerprint density at radius 1 is 0.378 bits per heavy atom. The number of ether oxygens (including phenoxy) is 8. The summed E-state index contributed by atoms with van der Waals surface area (Å²) in [5.74, 6) is -3.17. The smallest absolute Gasteiger partial charge is 0.412 e. The molecule has 4 aromatic rings. The Balaban J connectivity index is 1.68. The van der Waals surface area contributed by atoms with Crippen LogP contribution in [0, 0.1) is 0 Å². The quantitative estimate of drug-likeness (QED) is 0.0177. The third-order valence-electron chi connectivity index (χ3n) is 10.1. The molecule has 0 saturated carbocycles.